The van der Waals surface area contributed by atoms with Crippen molar-refractivity contribution >= 4 is 16.7 Å². The number of carbonyl (C=O) groups is 1. The summed E-state index contributed by atoms with van der Waals surface area (Å²) in [5.41, 5.74) is 2.34. The van der Waals surface area contributed by atoms with Crippen LogP contribution < -0.4 is 5.32 Å². The van der Waals surface area contributed by atoms with E-state index in [2.05, 4.69) is 15.3 Å². The van der Waals surface area contributed by atoms with Crippen molar-refractivity contribution in [2.24, 2.45) is 0 Å². The van der Waals surface area contributed by atoms with Gasteiger partial charge in [0.25, 0.3) is 0 Å². The molecule has 0 radical (unpaired) electrons. The van der Waals surface area contributed by atoms with Crippen LogP contribution >= 0.6 is 0 Å². The molecule has 0 saturated carbocycles. The van der Waals surface area contributed by atoms with Crippen LogP contribution in [-0.4, -0.2) is 60.2 Å². The van der Waals surface area contributed by atoms with Crippen molar-refractivity contribution < 1.29 is 13.9 Å². The van der Waals surface area contributed by atoms with Crippen LogP contribution in [0.25, 0.3) is 21.9 Å². The molecule has 0 spiro atoms. The number of ether oxygens (including phenoxy) is 1. The van der Waals surface area contributed by atoms with Crippen molar-refractivity contribution in [2.45, 2.75) is 25.3 Å². The van der Waals surface area contributed by atoms with Gasteiger partial charge in [-0.25, -0.2) is 4.39 Å². The van der Waals surface area contributed by atoms with Crippen LogP contribution in [0.2, 0.25) is 0 Å². The number of hydrogen-bond acceptors (Lipinski definition) is 5. The predicted molar refractivity (Wildman–Crippen MR) is 118 cm³/mol. The van der Waals surface area contributed by atoms with Crippen LogP contribution in [0.4, 0.5) is 4.39 Å². The van der Waals surface area contributed by atoms with Gasteiger partial charge < -0.3 is 15.0 Å². The average molecular weight is 423 g/mol. The van der Waals surface area contributed by atoms with Crippen molar-refractivity contribution in [1.82, 2.24) is 20.2 Å². The Morgan fingerprint density at radius 3 is 2.74 bits per heavy atom. The lowest BCUT2D eigenvalue weighted by Gasteiger charge is -2.32. The second-order valence-corrected chi connectivity index (χ2v) is 7.91. The minimum Gasteiger partial charge on any atom is -0.383 e. The van der Waals surface area contributed by atoms with E-state index in [-0.39, 0.29) is 18.1 Å². The highest BCUT2D eigenvalue weighted by Gasteiger charge is 2.22. The zero-order chi connectivity index (χ0) is 21.6. The molecule has 7 heteroatoms. The van der Waals surface area contributed by atoms with Gasteiger partial charge in [0.1, 0.15) is 5.82 Å². The van der Waals surface area contributed by atoms with E-state index in [1.807, 2.05) is 29.2 Å². The molecule has 0 aliphatic carbocycles. The molecule has 1 amide bonds. The van der Waals surface area contributed by atoms with Crippen molar-refractivity contribution in [3.05, 3.63) is 60.4 Å². The van der Waals surface area contributed by atoms with Gasteiger partial charge in [-0.3, -0.25) is 14.8 Å². The van der Waals surface area contributed by atoms with Gasteiger partial charge in [0.15, 0.2) is 0 Å². The fraction of sp³-hybridized carbons (Fsp3) is 0.375. The van der Waals surface area contributed by atoms with Crippen LogP contribution in [0.15, 0.2) is 48.9 Å². The molecule has 2 aromatic heterocycles. The van der Waals surface area contributed by atoms with E-state index in [0.29, 0.717) is 12.6 Å². The standard InChI is InChI=1S/C24H27FN4O2/c1-31-9-6-27-22-4-7-29(8-5-22)24(30)13-23-12-19-10-17(2-3-18(19)15-28-23)20-11-21(25)16-26-14-20/h2-3,10-12,14-16,22,27H,4-9,13H2,1H3. The maximum Gasteiger partial charge on any atom is 0.228 e. The molecule has 3 aromatic rings. The fourth-order valence-electron chi connectivity index (χ4n) is 4.00. The molecule has 0 bridgehead atoms. The monoisotopic (exact) mass is 422 g/mol. The highest BCUT2D eigenvalue weighted by molar-refractivity contribution is 5.88. The third-order valence-corrected chi connectivity index (χ3v) is 5.74. The van der Waals surface area contributed by atoms with E-state index in [1.54, 1.807) is 19.5 Å². The van der Waals surface area contributed by atoms with Gasteiger partial charge in [-0.15, -0.1) is 0 Å². The number of hydrogen-bond donors (Lipinski definition) is 1. The van der Waals surface area contributed by atoms with Crippen LogP contribution in [0.5, 0.6) is 0 Å². The molecule has 1 aromatic carbocycles. The molecule has 6 nitrogen and oxygen atoms in total. The van der Waals surface area contributed by atoms with Crippen LogP contribution in [0.1, 0.15) is 18.5 Å². The summed E-state index contributed by atoms with van der Waals surface area (Å²) in [6, 6.07) is 9.72. The van der Waals surface area contributed by atoms with Crippen molar-refractivity contribution in [1.29, 1.82) is 0 Å². The summed E-state index contributed by atoms with van der Waals surface area (Å²) in [6.45, 7) is 3.05. The Morgan fingerprint density at radius 2 is 1.97 bits per heavy atom. The molecule has 0 atom stereocenters. The number of methoxy groups -OCH3 is 1. The number of nitrogens with zero attached hydrogens (tertiary/aromatic N) is 3. The van der Waals surface area contributed by atoms with Crippen molar-refractivity contribution in [2.75, 3.05) is 33.4 Å². The highest BCUT2D eigenvalue weighted by Crippen LogP contribution is 2.25. The molecule has 3 heterocycles. The second-order valence-electron chi connectivity index (χ2n) is 7.91. The average Bonchev–Trinajstić information content (AvgIpc) is 2.79. The number of likely N-dealkylation sites (tertiary alicyclic amines) is 1. The van der Waals surface area contributed by atoms with Gasteiger partial charge in [0, 0.05) is 56.1 Å². The second kappa shape index (κ2) is 9.94. The molecule has 31 heavy (non-hydrogen) atoms. The van der Waals surface area contributed by atoms with Crippen molar-refractivity contribution in [3.63, 3.8) is 0 Å². The highest BCUT2D eigenvalue weighted by atomic mass is 19.1. The summed E-state index contributed by atoms with van der Waals surface area (Å²) in [5.74, 6) is -0.260. The molecular weight excluding hydrogens is 395 g/mol. The normalized spacial score (nSPS) is 14.8. The Labute approximate surface area is 181 Å². The SMILES string of the molecule is COCCNC1CCN(C(=O)Cc2cc3cc(-c4cncc(F)c4)ccc3cn2)CC1. The topological polar surface area (TPSA) is 67.3 Å². The first-order valence-electron chi connectivity index (χ1n) is 10.6. The Hall–Kier alpha value is -2.90. The Kier molecular flexibility index (Phi) is 6.84. The summed E-state index contributed by atoms with van der Waals surface area (Å²) in [7, 11) is 1.70. The minimum absolute atomic E-state index is 0.104. The maximum absolute atomic E-state index is 13.5. The van der Waals surface area contributed by atoms with Gasteiger partial charge in [-0.2, -0.15) is 0 Å². The van der Waals surface area contributed by atoms with E-state index >= 15 is 0 Å². The number of piperidine rings is 1. The Bertz CT molecular complexity index is 1050. The van der Waals surface area contributed by atoms with E-state index in [0.717, 1.165) is 60.1 Å². The minimum atomic E-state index is -0.365. The van der Waals surface area contributed by atoms with E-state index in [9.17, 15) is 9.18 Å². The number of rotatable bonds is 7. The number of nitrogens with one attached hydrogen (secondary N) is 1. The lowest BCUT2D eigenvalue weighted by atomic mass is 10.0. The van der Waals surface area contributed by atoms with Crippen LogP contribution in [0.3, 0.4) is 0 Å². The molecule has 0 unspecified atom stereocenters. The first kappa shape index (κ1) is 21.3. The van der Waals surface area contributed by atoms with Gasteiger partial charge >= 0.3 is 0 Å². The zero-order valence-corrected chi connectivity index (χ0v) is 17.7. The molecule has 1 saturated heterocycles. The first-order chi connectivity index (χ1) is 15.1. The zero-order valence-electron chi connectivity index (χ0n) is 17.7. The molecule has 1 N–H and O–H groups in total. The van der Waals surface area contributed by atoms with E-state index < -0.39 is 0 Å². The number of halogens is 1. The summed E-state index contributed by atoms with van der Waals surface area (Å²) in [6.07, 6.45) is 6.80. The van der Waals surface area contributed by atoms with Crippen LogP contribution in [-0.2, 0) is 16.0 Å². The predicted octanol–water partition coefficient (Wildman–Crippen LogP) is 3.21. The number of carbonyl (C=O) groups excluding carboxylic acids is 1. The molecule has 1 aliphatic heterocycles. The number of pyridine rings is 2. The Morgan fingerprint density at radius 1 is 1.13 bits per heavy atom. The largest absolute Gasteiger partial charge is 0.383 e. The molecule has 4 rings (SSSR count). The smallest absolute Gasteiger partial charge is 0.228 e. The van der Waals surface area contributed by atoms with Crippen LogP contribution in [0, 0.1) is 5.82 Å². The summed E-state index contributed by atoms with van der Waals surface area (Å²) >= 11 is 0. The summed E-state index contributed by atoms with van der Waals surface area (Å²) in [5, 5.41) is 5.42. The number of benzene rings is 1. The van der Waals surface area contributed by atoms with Gasteiger partial charge in [0.2, 0.25) is 5.91 Å². The quantitative estimate of drug-likeness (QED) is 0.593. The van der Waals surface area contributed by atoms with E-state index in [1.165, 1.54) is 12.3 Å². The first-order valence-corrected chi connectivity index (χ1v) is 10.6. The van der Waals surface area contributed by atoms with Gasteiger partial charge in [-0.1, -0.05) is 12.1 Å². The lowest BCUT2D eigenvalue weighted by molar-refractivity contribution is -0.131. The third-order valence-electron chi connectivity index (χ3n) is 5.74. The summed E-state index contributed by atoms with van der Waals surface area (Å²) < 4.78 is 18.6. The van der Waals surface area contributed by atoms with Gasteiger partial charge in [0.05, 0.1) is 24.9 Å². The van der Waals surface area contributed by atoms with Gasteiger partial charge in [-0.05, 0) is 42.0 Å². The van der Waals surface area contributed by atoms with Crippen molar-refractivity contribution in [3.8, 4) is 11.1 Å². The maximum atomic E-state index is 13.5. The number of aromatic nitrogens is 2. The number of amides is 1. The molecule has 162 valence electrons. The Balaban J connectivity index is 1.41. The third kappa shape index (κ3) is 5.42. The molecule has 1 aliphatic rings. The molecular formula is C24H27FN4O2. The van der Waals surface area contributed by atoms with E-state index in [4.69, 9.17) is 4.74 Å². The number of fused-ring (bicyclic) bond motifs is 1. The lowest BCUT2D eigenvalue weighted by Crippen LogP contribution is -2.46. The fourth-order valence-corrected chi connectivity index (χ4v) is 4.00. The molecule has 1 fully saturated rings. The summed E-state index contributed by atoms with van der Waals surface area (Å²) in [4.78, 5) is 23.1.